The average Bonchev–Trinajstić information content (AvgIpc) is 2.11. The molecule has 0 aromatic carbocycles. The lowest BCUT2D eigenvalue weighted by Gasteiger charge is -2.46. The molecule has 1 aliphatic heterocycles. The van der Waals surface area contributed by atoms with Gasteiger partial charge >= 0.3 is 0 Å². The summed E-state index contributed by atoms with van der Waals surface area (Å²) < 4.78 is 5.97. The SMILES string of the molecule is CC(C)(C)OC1CC(N2CCCCC2)C1. The summed E-state index contributed by atoms with van der Waals surface area (Å²) in [7, 11) is 0. The summed E-state index contributed by atoms with van der Waals surface area (Å²) in [5.41, 5.74) is 0.0392. The van der Waals surface area contributed by atoms with Gasteiger partial charge in [0.2, 0.25) is 0 Å². The molecule has 0 radical (unpaired) electrons. The van der Waals surface area contributed by atoms with E-state index in [1.807, 2.05) is 0 Å². The molecule has 2 nitrogen and oxygen atoms in total. The molecule has 1 saturated carbocycles. The van der Waals surface area contributed by atoms with Gasteiger partial charge in [0, 0.05) is 6.04 Å². The molecule has 0 aromatic rings. The Morgan fingerprint density at radius 1 is 1.00 bits per heavy atom. The Morgan fingerprint density at radius 2 is 1.60 bits per heavy atom. The number of nitrogens with zero attached hydrogens (tertiary/aromatic N) is 1. The maximum absolute atomic E-state index is 5.97. The van der Waals surface area contributed by atoms with Gasteiger partial charge in [-0.05, 0) is 59.5 Å². The van der Waals surface area contributed by atoms with Crippen LogP contribution in [0.3, 0.4) is 0 Å². The second-order valence-corrected chi connectivity index (χ2v) is 6.07. The van der Waals surface area contributed by atoms with Crippen molar-refractivity contribution in [3.05, 3.63) is 0 Å². The first kappa shape index (κ1) is 11.4. The van der Waals surface area contributed by atoms with Crippen molar-refractivity contribution in [2.24, 2.45) is 0 Å². The highest BCUT2D eigenvalue weighted by molar-refractivity contribution is 4.90. The van der Waals surface area contributed by atoms with Crippen molar-refractivity contribution in [1.82, 2.24) is 4.90 Å². The van der Waals surface area contributed by atoms with E-state index in [0.29, 0.717) is 6.10 Å². The second-order valence-electron chi connectivity index (χ2n) is 6.07. The molecule has 0 unspecified atom stereocenters. The third-order valence-corrected chi connectivity index (χ3v) is 3.50. The molecule has 2 heteroatoms. The zero-order chi connectivity index (χ0) is 10.9. The number of hydrogen-bond acceptors (Lipinski definition) is 2. The first-order valence-corrected chi connectivity index (χ1v) is 6.46. The van der Waals surface area contributed by atoms with Crippen molar-refractivity contribution < 1.29 is 4.74 Å². The van der Waals surface area contributed by atoms with Crippen molar-refractivity contribution in [2.75, 3.05) is 13.1 Å². The Balaban J connectivity index is 1.68. The van der Waals surface area contributed by atoms with E-state index in [4.69, 9.17) is 4.74 Å². The molecule has 1 aliphatic carbocycles. The minimum atomic E-state index is 0.0392. The van der Waals surface area contributed by atoms with Crippen molar-refractivity contribution in [3.8, 4) is 0 Å². The van der Waals surface area contributed by atoms with Crippen LogP contribution in [-0.2, 0) is 4.74 Å². The van der Waals surface area contributed by atoms with Crippen molar-refractivity contribution in [3.63, 3.8) is 0 Å². The number of piperidine rings is 1. The van der Waals surface area contributed by atoms with Crippen LogP contribution in [0.5, 0.6) is 0 Å². The van der Waals surface area contributed by atoms with Crippen LogP contribution < -0.4 is 0 Å². The van der Waals surface area contributed by atoms with Crippen LogP contribution in [0.25, 0.3) is 0 Å². The number of hydrogen-bond donors (Lipinski definition) is 0. The van der Waals surface area contributed by atoms with E-state index in [0.717, 1.165) is 6.04 Å². The third kappa shape index (κ3) is 3.18. The van der Waals surface area contributed by atoms with Gasteiger partial charge in [-0.2, -0.15) is 0 Å². The van der Waals surface area contributed by atoms with Crippen LogP contribution in [0.15, 0.2) is 0 Å². The fraction of sp³-hybridized carbons (Fsp3) is 1.00. The summed E-state index contributed by atoms with van der Waals surface area (Å²) in [4.78, 5) is 2.67. The Kier molecular flexibility index (Phi) is 3.36. The standard InChI is InChI=1S/C13H25NO/c1-13(2,3)15-12-9-11(10-12)14-7-5-4-6-8-14/h11-12H,4-10H2,1-3H3. The van der Waals surface area contributed by atoms with Gasteiger partial charge in [-0.25, -0.2) is 0 Å². The van der Waals surface area contributed by atoms with Crippen LogP contribution in [0.4, 0.5) is 0 Å². The van der Waals surface area contributed by atoms with Crippen LogP contribution in [0.1, 0.15) is 52.9 Å². The maximum atomic E-state index is 5.97. The summed E-state index contributed by atoms with van der Waals surface area (Å²) in [6.45, 7) is 9.11. The highest BCUT2D eigenvalue weighted by Crippen LogP contribution is 2.32. The van der Waals surface area contributed by atoms with Gasteiger partial charge in [0.05, 0.1) is 11.7 Å². The lowest BCUT2D eigenvalue weighted by Crippen LogP contribution is -2.51. The van der Waals surface area contributed by atoms with Crippen LogP contribution in [0, 0.1) is 0 Å². The average molecular weight is 211 g/mol. The lowest BCUT2D eigenvalue weighted by molar-refractivity contribution is -0.121. The van der Waals surface area contributed by atoms with Gasteiger partial charge < -0.3 is 9.64 Å². The minimum Gasteiger partial charge on any atom is -0.373 e. The fourth-order valence-electron chi connectivity index (χ4n) is 2.72. The van der Waals surface area contributed by atoms with Gasteiger partial charge in [-0.15, -0.1) is 0 Å². The van der Waals surface area contributed by atoms with Crippen LogP contribution in [-0.4, -0.2) is 35.7 Å². The molecule has 0 aromatic heterocycles. The van der Waals surface area contributed by atoms with Gasteiger partial charge in [-0.3, -0.25) is 0 Å². The van der Waals surface area contributed by atoms with Gasteiger partial charge in [0.25, 0.3) is 0 Å². The zero-order valence-electron chi connectivity index (χ0n) is 10.5. The van der Waals surface area contributed by atoms with E-state index < -0.39 is 0 Å². The zero-order valence-corrected chi connectivity index (χ0v) is 10.5. The van der Waals surface area contributed by atoms with Crippen molar-refractivity contribution in [2.45, 2.75) is 70.6 Å². The Labute approximate surface area is 94.0 Å². The van der Waals surface area contributed by atoms with Crippen molar-refractivity contribution in [1.29, 1.82) is 0 Å². The van der Waals surface area contributed by atoms with Crippen molar-refractivity contribution >= 4 is 0 Å². The van der Waals surface area contributed by atoms with Crippen LogP contribution >= 0.6 is 0 Å². The Bertz CT molecular complexity index is 197. The van der Waals surface area contributed by atoms with E-state index in [1.165, 1.54) is 45.2 Å². The topological polar surface area (TPSA) is 12.5 Å². The molecule has 88 valence electrons. The summed E-state index contributed by atoms with van der Waals surface area (Å²) >= 11 is 0. The highest BCUT2D eigenvalue weighted by atomic mass is 16.5. The monoisotopic (exact) mass is 211 g/mol. The molecule has 15 heavy (non-hydrogen) atoms. The van der Waals surface area contributed by atoms with Gasteiger partial charge in [0.15, 0.2) is 0 Å². The van der Waals surface area contributed by atoms with E-state index in [-0.39, 0.29) is 5.60 Å². The molecule has 2 fully saturated rings. The molecule has 2 aliphatic rings. The van der Waals surface area contributed by atoms with E-state index in [9.17, 15) is 0 Å². The molecule has 0 amide bonds. The second kappa shape index (κ2) is 4.42. The third-order valence-electron chi connectivity index (χ3n) is 3.50. The predicted octanol–water partition coefficient (Wildman–Crippen LogP) is 2.82. The fourth-order valence-corrected chi connectivity index (χ4v) is 2.72. The maximum Gasteiger partial charge on any atom is 0.0612 e. The number of likely N-dealkylation sites (tertiary alicyclic amines) is 1. The van der Waals surface area contributed by atoms with Gasteiger partial charge in [0.1, 0.15) is 0 Å². The normalized spacial score (nSPS) is 33.8. The Hall–Kier alpha value is -0.0800. The Morgan fingerprint density at radius 3 is 2.13 bits per heavy atom. The highest BCUT2D eigenvalue weighted by Gasteiger charge is 2.36. The summed E-state index contributed by atoms with van der Waals surface area (Å²) in [6, 6.07) is 0.831. The summed E-state index contributed by atoms with van der Waals surface area (Å²) in [5.74, 6) is 0. The molecule has 0 spiro atoms. The van der Waals surface area contributed by atoms with Crippen LogP contribution in [0.2, 0.25) is 0 Å². The quantitative estimate of drug-likeness (QED) is 0.696. The molecule has 2 rings (SSSR count). The largest absolute Gasteiger partial charge is 0.373 e. The molecule has 0 bridgehead atoms. The molecule has 1 heterocycles. The smallest absolute Gasteiger partial charge is 0.0612 e. The summed E-state index contributed by atoms with van der Waals surface area (Å²) in [6.07, 6.45) is 7.29. The number of rotatable bonds is 2. The van der Waals surface area contributed by atoms with E-state index >= 15 is 0 Å². The molecule has 0 atom stereocenters. The molecule has 0 N–H and O–H groups in total. The first-order valence-electron chi connectivity index (χ1n) is 6.46. The molecular weight excluding hydrogens is 186 g/mol. The van der Waals surface area contributed by atoms with E-state index in [2.05, 4.69) is 25.7 Å². The summed E-state index contributed by atoms with van der Waals surface area (Å²) in [5, 5.41) is 0. The minimum absolute atomic E-state index is 0.0392. The van der Waals surface area contributed by atoms with E-state index in [1.54, 1.807) is 0 Å². The number of ether oxygens (including phenoxy) is 1. The molecular formula is C13H25NO. The predicted molar refractivity (Wildman–Crippen MR) is 63.1 cm³/mol. The lowest BCUT2D eigenvalue weighted by atomic mass is 9.86. The van der Waals surface area contributed by atoms with Gasteiger partial charge in [-0.1, -0.05) is 6.42 Å². The molecule has 1 saturated heterocycles. The first-order chi connectivity index (χ1) is 7.04.